The molecule has 106 valence electrons. The molecule has 2 rings (SSSR count). The van der Waals surface area contributed by atoms with Gasteiger partial charge in [-0.1, -0.05) is 86.6 Å². The van der Waals surface area contributed by atoms with Gasteiger partial charge in [-0.2, -0.15) is 0 Å². The molecule has 0 aliphatic heterocycles. The molecule has 0 aromatic heterocycles. The van der Waals surface area contributed by atoms with E-state index in [1.807, 2.05) is 0 Å². The van der Waals surface area contributed by atoms with Crippen molar-refractivity contribution >= 4 is 15.9 Å². The molecule has 1 heteroatoms. The van der Waals surface area contributed by atoms with Crippen molar-refractivity contribution in [2.75, 3.05) is 0 Å². The summed E-state index contributed by atoms with van der Waals surface area (Å²) in [5.41, 5.74) is 3.20. The van der Waals surface area contributed by atoms with Crippen molar-refractivity contribution < 1.29 is 0 Å². The minimum atomic E-state index is 0.297. The maximum atomic E-state index is 3.89. The van der Waals surface area contributed by atoms with Crippen LogP contribution in [0.15, 0.2) is 24.3 Å². The van der Waals surface area contributed by atoms with Gasteiger partial charge in [-0.05, 0) is 35.3 Å². The fraction of sp³-hybridized carbons (Fsp3) is 0.667. The Hall–Kier alpha value is -0.300. The first-order valence-electron chi connectivity index (χ1n) is 7.77. The van der Waals surface area contributed by atoms with E-state index < -0.39 is 0 Å². The Morgan fingerprint density at radius 3 is 2.26 bits per heavy atom. The normalized spacial score (nSPS) is 18.7. The molecule has 0 spiro atoms. The van der Waals surface area contributed by atoms with E-state index in [0.717, 1.165) is 5.92 Å². The van der Waals surface area contributed by atoms with Crippen LogP contribution in [0.4, 0.5) is 0 Å². The Morgan fingerprint density at radius 1 is 1.16 bits per heavy atom. The number of hydrogen-bond donors (Lipinski definition) is 0. The second-order valence-electron chi connectivity index (χ2n) is 6.71. The zero-order valence-electron chi connectivity index (χ0n) is 12.6. The summed E-state index contributed by atoms with van der Waals surface area (Å²) in [4.78, 5) is 0.536. The monoisotopic (exact) mass is 322 g/mol. The lowest BCUT2D eigenvalue weighted by atomic mass is 9.82. The SMILES string of the molecule is CCC(C)(C)c1ccc(C(Br)CC2CCCC2)cc1. The smallest absolute Gasteiger partial charge is 0.0397 e. The van der Waals surface area contributed by atoms with E-state index in [1.54, 1.807) is 0 Å². The van der Waals surface area contributed by atoms with Gasteiger partial charge in [0.05, 0.1) is 0 Å². The molecular weight excluding hydrogens is 296 g/mol. The lowest BCUT2D eigenvalue weighted by Gasteiger charge is -2.24. The van der Waals surface area contributed by atoms with Crippen molar-refractivity contribution in [1.82, 2.24) is 0 Å². The zero-order valence-corrected chi connectivity index (χ0v) is 14.2. The van der Waals surface area contributed by atoms with Gasteiger partial charge in [-0.25, -0.2) is 0 Å². The van der Waals surface area contributed by atoms with Gasteiger partial charge in [0.1, 0.15) is 0 Å². The molecule has 0 heterocycles. The van der Waals surface area contributed by atoms with Crippen molar-refractivity contribution in [2.45, 2.75) is 69.5 Å². The molecule has 1 saturated carbocycles. The minimum Gasteiger partial charge on any atom is -0.0839 e. The van der Waals surface area contributed by atoms with Gasteiger partial charge >= 0.3 is 0 Å². The van der Waals surface area contributed by atoms with Crippen LogP contribution < -0.4 is 0 Å². The van der Waals surface area contributed by atoms with Gasteiger partial charge in [-0.3, -0.25) is 0 Å². The second-order valence-corrected chi connectivity index (χ2v) is 7.82. The van der Waals surface area contributed by atoms with Crippen molar-refractivity contribution in [3.8, 4) is 0 Å². The minimum absolute atomic E-state index is 0.297. The molecule has 1 aromatic carbocycles. The van der Waals surface area contributed by atoms with E-state index in [1.165, 1.54) is 49.7 Å². The molecule has 0 saturated heterocycles. The van der Waals surface area contributed by atoms with Gasteiger partial charge in [0.2, 0.25) is 0 Å². The molecule has 1 aromatic rings. The highest BCUT2D eigenvalue weighted by atomic mass is 79.9. The summed E-state index contributed by atoms with van der Waals surface area (Å²) in [6, 6.07) is 9.28. The molecule has 1 aliphatic rings. The van der Waals surface area contributed by atoms with Crippen LogP contribution in [0.2, 0.25) is 0 Å². The van der Waals surface area contributed by atoms with Crippen LogP contribution in [0.3, 0.4) is 0 Å². The fourth-order valence-corrected chi connectivity index (χ4v) is 3.86. The summed E-state index contributed by atoms with van der Waals surface area (Å²) in [6.45, 7) is 6.92. The van der Waals surface area contributed by atoms with E-state index >= 15 is 0 Å². The van der Waals surface area contributed by atoms with Gasteiger partial charge in [0.15, 0.2) is 0 Å². The van der Waals surface area contributed by atoms with Crippen LogP contribution in [-0.4, -0.2) is 0 Å². The average molecular weight is 323 g/mol. The average Bonchev–Trinajstić information content (AvgIpc) is 2.91. The summed E-state index contributed by atoms with van der Waals surface area (Å²) in [6.07, 6.45) is 8.23. The Morgan fingerprint density at radius 2 is 1.74 bits per heavy atom. The molecule has 1 aliphatic carbocycles. The van der Waals surface area contributed by atoms with Crippen LogP contribution in [0.1, 0.15) is 75.3 Å². The van der Waals surface area contributed by atoms with E-state index in [4.69, 9.17) is 0 Å². The summed E-state index contributed by atoms with van der Waals surface area (Å²) < 4.78 is 0. The molecule has 19 heavy (non-hydrogen) atoms. The number of halogens is 1. The molecule has 1 fully saturated rings. The predicted octanol–water partition coefficient (Wildman–Crippen LogP) is 6.39. The van der Waals surface area contributed by atoms with Gasteiger partial charge in [-0.15, -0.1) is 0 Å². The third-order valence-corrected chi connectivity index (χ3v) is 5.86. The van der Waals surface area contributed by atoms with E-state index in [-0.39, 0.29) is 0 Å². The predicted molar refractivity (Wildman–Crippen MR) is 88.0 cm³/mol. The summed E-state index contributed by atoms with van der Waals surface area (Å²) in [5, 5.41) is 0. The van der Waals surface area contributed by atoms with E-state index in [2.05, 4.69) is 61.0 Å². The van der Waals surface area contributed by atoms with Crippen LogP contribution in [0, 0.1) is 5.92 Å². The molecule has 0 nitrogen and oxygen atoms in total. The number of alkyl halides is 1. The summed E-state index contributed by atoms with van der Waals surface area (Å²) in [7, 11) is 0. The van der Waals surface area contributed by atoms with Gasteiger partial charge in [0, 0.05) is 4.83 Å². The first kappa shape index (κ1) is 15.1. The number of hydrogen-bond acceptors (Lipinski definition) is 0. The maximum absolute atomic E-state index is 3.89. The summed E-state index contributed by atoms with van der Waals surface area (Å²) in [5.74, 6) is 0.941. The van der Waals surface area contributed by atoms with Crippen molar-refractivity contribution in [1.29, 1.82) is 0 Å². The highest BCUT2D eigenvalue weighted by Crippen LogP contribution is 2.38. The fourth-order valence-electron chi connectivity index (χ4n) is 3.02. The largest absolute Gasteiger partial charge is 0.0839 e. The van der Waals surface area contributed by atoms with Crippen LogP contribution in [-0.2, 0) is 5.41 Å². The van der Waals surface area contributed by atoms with Gasteiger partial charge in [0.25, 0.3) is 0 Å². The molecule has 0 N–H and O–H groups in total. The van der Waals surface area contributed by atoms with Crippen LogP contribution >= 0.6 is 15.9 Å². The highest BCUT2D eigenvalue weighted by Gasteiger charge is 2.21. The lowest BCUT2D eigenvalue weighted by Crippen LogP contribution is -2.15. The molecule has 0 radical (unpaired) electrons. The molecule has 1 atom stereocenters. The first-order chi connectivity index (χ1) is 9.03. The Balaban J connectivity index is 2.01. The highest BCUT2D eigenvalue weighted by molar-refractivity contribution is 9.09. The molecular formula is C18H27Br. The standard InChI is InChI=1S/C18H27Br/c1-4-18(2,3)16-11-9-15(10-12-16)17(19)13-14-7-5-6-8-14/h9-12,14,17H,4-8,13H2,1-3H3. The molecule has 1 unspecified atom stereocenters. The molecule has 0 amide bonds. The number of rotatable bonds is 5. The van der Waals surface area contributed by atoms with Crippen LogP contribution in [0.25, 0.3) is 0 Å². The van der Waals surface area contributed by atoms with E-state index in [0.29, 0.717) is 10.2 Å². The Bertz CT molecular complexity index is 385. The topological polar surface area (TPSA) is 0 Å². The van der Waals surface area contributed by atoms with E-state index in [9.17, 15) is 0 Å². The van der Waals surface area contributed by atoms with Gasteiger partial charge < -0.3 is 0 Å². The third kappa shape index (κ3) is 3.84. The van der Waals surface area contributed by atoms with Crippen molar-refractivity contribution in [3.05, 3.63) is 35.4 Å². The first-order valence-corrected chi connectivity index (χ1v) is 8.69. The quantitative estimate of drug-likeness (QED) is 0.551. The zero-order chi connectivity index (χ0) is 13.9. The van der Waals surface area contributed by atoms with Crippen molar-refractivity contribution in [3.63, 3.8) is 0 Å². The Kier molecular flexibility index (Phi) is 5.11. The maximum Gasteiger partial charge on any atom is 0.0397 e. The second kappa shape index (κ2) is 6.43. The third-order valence-electron chi connectivity index (χ3n) is 4.95. The summed E-state index contributed by atoms with van der Waals surface area (Å²) >= 11 is 3.89. The molecule has 0 bridgehead atoms. The van der Waals surface area contributed by atoms with Crippen LogP contribution in [0.5, 0.6) is 0 Å². The number of benzene rings is 1. The Labute approximate surface area is 127 Å². The lowest BCUT2D eigenvalue weighted by molar-refractivity contribution is 0.499. The van der Waals surface area contributed by atoms with Crippen molar-refractivity contribution in [2.24, 2.45) is 5.92 Å².